The van der Waals surface area contributed by atoms with Crippen molar-refractivity contribution in [2.45, 2.75) is 18.8 Å². The molecule has 1 atom stereocenters. The lowest BCUT2D eigenvalue weighted by atomic mass is 10.1. The number of thioether (sulfide) groups is 1. The van der Waals surface area contributed by atoms with E-state index in [0.29, 0.717) is 29.1 Å². The Kier molecular flexibility index (Phi) is 6.61. The molecule has 1 aliphatic heterocycles. The number of para-hydroxylation sites is 1. The zero-order chi connectivity index (χ0) is 22.5. The summed E-state index contributed by atoms with van der Waals surface area (Å²) in [7, 11) is 0. The number of carbonyl (C=O) groups is 3. The van der Waals surface area contributed by atoms with E-state index in [9.17, 15) is 14.4 Å². The number of furan rings is 1. The van der Waals surface area contributed by atoms with Crippen LogP contribution in [0.3, 0.4) is 0 Å². The molecule has 2 amide bonds. The summed E-state index contributed by atoms with van der Waals surface area (Å²) in [5.41, 5.74) is 2.06. The predicted octanol–water partition coefficient (Wildman–Crippen LogP) is 4.48. The average Bonchev–Trinajstić information content (AvgIpc) is 3.45. The van der Waals surface area contributed by atoms with Crippen molar-refractivity contribution in [3.63, 3.8) is 0 Å². The SMILES string of the molecule is CCOC(=O)c1ccccc1NC(=O)c1ccc([C@@H]2SCC(=O)N2Cc2ccco2)cc1. The number of rotatable bonds is 7. The normalized spacial score (nSPS) is 15.6. The smallest absolute Gasteiger partial charge is 0.340 e. The van der Waals surface area contributed by atoms with Gasteiger partial charge in [0.2, 0.25) is 5.91 Å². The average molecular weight is 451 g/mol. The number of nitrogens with zero attached hydrogens (tertiary/aromatic N) is 1. The molecule has 1 fully saturated rings. The van der Waals surface area contributed by atoms with Gasteiger partial charge in [-0.15, -0.1) is 11.8 Å². The highest BCUT2D eigenvalue weighted by Gasteiger charge is 2.33. The Balaban J connectivity index is 1.47. The molecule has 8 heteroatoms. The van der Waals surface area contributed by atoms with Gasteiger partial charge in [0.1, 0.15) is 11.1 Å². The van der Waals surface area contributed by atoms with Crippen molar-refractivity contribution in [1.82, 2.24) is 4.90 Å². The van der Waals surface area contributed by atoms with E-state index in [0.717, 1.165) is 11.3 Å². The van der Waals surface area contributed by atoms with Gasteiger partial charge in [-0.3, -0.25) is 9.59 Å². The van der Waals surface area contributed by atoms with Crippen molar-refractivity contribution < 1.29 is 23.5 Å². The second-order valence-corrected chi connectivity index (χ2v) is 8.18. The van der Waals surface area contributed by atoms with Crippen LogP contribution in [0.1, 0.15) is 44.3 Å². The lowest BCUT2D eigenvalue weighted by Gasteiger charge is -2.23. The fraction of sp³-hybridized carbons (Fsp3) is 0.208. The van der Waals surface area contributed by atoms with Crippen LogP contribution >= 0.6 is 11.8 Å². The molecule has 1 N–H and O–H groups in total. The van der Waals surface area contributed by atoms with Crippen molar-refractivity contribution in [3.8, 4) is 0 Å². The van der Waals surface area contributed by atoms with Gasteiger partial charge in [0.25, 0.3) is 5.91 Å². The zero-order valence-electron chi connectivity index (χ0n) is 17.4. The molecule has 0 bridgehead atoms. The first-order valence-corrected chi connectivity index (χ1v) is 11.2. The van der Waals surface area contributed by atoms with Crippen molar-refractivity contribution in [2.24, 2.45) is 0 Å². The van der Waals surface area contributed by atoms with E-state index < -0.39 is 5.97 Å². The van der Waals surface area contributed by atoms with Crippen LogP contribution in [0.15, 0.2) is 71.3 Å². The van der Waals surface area contributed by atoms with Crippen molar-refractivity contribution in [1.29, 1.82) is 0 Å². The van der Waals surface area contributed by atoms with Gasteiger partial charge < -0.3 is 19.4 Å². The van der Waals surface area contributed by atoms with Crippen LogP contribution in [0.2, 0.25) is 0 Å². The largest absolute Gasteiger partial charge is 0.467 e. The van der Waals surface area contributed by atoms with Crippen LogP contribution in [0.25, 0.3) is 0 Å². The molecule has 4 rings (SSSR count). The molecule has 3 aromatic rings. The number of nitrogens with one attached hydrogen (secondary N) is 1. The summed E-state index contributed by atoms with van der Waals surface area (Å²) in [6, 6.07) is 17.5. The van der Waals surface area contributed by atoms with Crippen molar-refractivity contribution in [3.05, 3.63) is 89.4 Å². The molecule has 7 nitrogen and oxygen atoms in total. The Hall–Kier alpha value is -3.52. The molecule has 1 aromatic heterocycles. The molecular weight excluding hydrogens is 428 g/mol. The number of benzene rings is 2. The minimum Gasteiger partial charge on any atom is -0.467 e. The molecule has 1 aliphatic rings. The maximum absolute atomic E-state index is 12.8. The molecular formula is C24H22N2O5S. The third-order valence-corrected chi connectivity index (χ3v) is 6.26. The molecule has 1 saturated heterocycles. The fourth-order valence-corrected chi connectivity index (χ4v) is 4.63. The quantitative estimate of drug-likeness (QED) is 0.534. The van der Waals surface area contributed by atoms with Crippen LogP contribution in [0.5, 0.6) is 0 Å². The maximum Gasteiger partial charge on any atom is 0.340 e. The number of esters is 1. The highest BCUT2D eigenvalue weighted by molar-refractivity contribution is 8.00. The Morgan fingerprint density at radius 1 is 1.12 bits per heavy atom. The molecule has 0 unspecified atom stereocenters. The van der Waals surface area contributed by atoms with Gasteiger partial charge in [0, 0.05) is 5.56 Å². The Morgan fingerprint density at radius 2 is 1.91 bits per heavy atom. The van der Waals surface area contributed by atoms with E-state index in [4.69, 9.17) is 9.15 Å². The van der Waals surface area contributed by atoms with E-state index >= 15 is 0 Å². The molecule has 164 valence electrons. The van der Waals surface area contributed by atoms with Crippen LogP contribution in [-0.4, -0.2) is 35.0 Å². The fourth-order valence-electron chi connectivity index (χ4n) is 3.44. The summed E-state index contributed by atoms with van der Waals surface area (Å²) in [5.74, 6) is 0.350. The second kappa shape index (κ2) is 9.74. The van der Waals surface area contributed by atoms with E-state index in [-0.39, 0.29) is 23.8 Å². The van der Waals surface area contributed by atoms with Gasteiger partial charge in [-0.25, -0.2) is 4.79 Å². The van der Waals surface area contributed by atoms with E-state index in [2.05, 4.69) is 5.32 Å². The van der Waals surface area contributed by atoms with E-state index in [1.54, 1.807) is 72.3 Å². The molecule has 32 heavy (non-hydrogen) atoms. The summed E-state index contributed by atoms with van der Waals surface area (Å²) in [6.07, 6.45) is 1.59. The van der Waals surface area contributed by atoms with Gasteiger partial charge in [-0.05, 0) is 48.9 Å². The zero-order valence-corrected chi connectivity index (χ0v) is 18.3. The summed E-state index contributed by atoms with van der Waals surface area (Å²) in [4.78, 5) is 39.0. The molecule has 0 spiro atoms. The Bertz CT molecular complexity index is 1110. The predicted molar refractivity (Wildman–Crippen MR) is 121 cm³/mol. The van der Waals surface area contributed by atoms with Gasteiger partial charge in [0.05, 0.1) is 36.4 Å². The third kappa shape index (κ3) is 4.70. The van der Waals surface area contributed by atoms with Crippen molar-refractivity contribution in [2.75, 3.05) is 17.7 Å². The van der Waals surface area contributed by atoms with Gasteiger partial charge in [-0.1, -0.05) is 24.3 Å². The lowest BCUT2D eigenvalue weighted by Crippen LogP contribution is -2.27. The second-order valence-electron chi connectivity index (χ2n) is 7.11. The first kappa shape index (κ1) is 21.7. The third-order valence-electron chi connectivity index (χ3n) is 5.00. The van der Waals surface area contributed by atoms with Crippen LogP contribution in [0, 0.1) is 0 Å². The minimum atomic E-state index is -0.488. The first-order chi connectivity index (χ1) is 15.6. The van der Waals surface area contributed by atoms with Crippen LogP contribution in [-0.2, 0) is 16.1 Å². The Morgan fingerprint density at radius 3 is 2.62 bits per heavy atom. The summed E-state index contributed by atoms with van der Waals surface area (Å²) < 4.78 is 10.4. The highest BCUT2D eigenvalue weighted by Crippen LogP contribution is 2.39. The lowest BCUT2D eigenvalue weighted by molar-refractivity contribution is -0.128. The van der Waals surface area contributed by atoms with E-state index in [1.165, 1.54) is 0 Å². The topological polar surface area (TPSA) is 88.8 Å². The summed E-state index contributed by atoms with van der Waals surface area (Å²) >= 11 is 1.54. The number of hydrogen-bond acceptors (Lipinski definition) is 6. The van der Waals surface area contributed by atoms with Gasteiger partial charge in [0.15, 0.2) is 0 Å². The van der Waals surface area contributed by atoms with Crippen LogP contribution in [0.4, 0.5) is 5.69 Å². The summed E-state index contributed by atoms with van der Waals surface area (Å²) in [6.45, 7) is 2.38. The monoisotopic (exact) mass is 450 g/mol. The molecule has 2 aromatic carbocycles. The molecule has 0 radical (unpaired) electrons. The first-order valence-electron chi connectivity index (χ1n) is 10.2. The standard InChI is InChI=1S/C24H22N2O5S/c1-2-30-24(29)19-7-3-4-8-20(19)25-22(28)16-9-11-17(12-10-16)23-26(21(27)15-32-23)14-18-6-5-13-31-18/h3-13,23H,2,14-15H2,1H3,(H,25,28)/t23-/m0/s1. The van der Waals surface area contributed by atoms with Gasteiger partial charge >= 0.3 is 5.97 Å². The number of hydrogen-bond donors (Lipinski definition) is 1. The molecule has 0 aliphatic carbocycles. The van der Waals surface area contributed by atoms with Crippen molar-refractivity contribution >= 4 is 35.2 Å². The van der Waals surface area contributed by atoms with Gasteiger partial charge in [-0.2, -0.15) is 0 Å². The van der Waals surface area contributed by atoms with Crippen LogP contribution < -0.4 is 5.32 Å². The molecule has 2 heterocycles. The number of amides is 2. The molecule has 0 saturated carbocycles. The Labute approximate surface area is 189 Å². The van der Waals surface area contributed by atoms with E-state index in [1.807, 2.05) is 18.2 Å². The number of ether oxygens (including phenoxy) is 1. The minimum absolute atomic E-state index is 0.0498. The number of carbonyl (C=O) groups excluding carboxylic acids is 3. The maximum atomic E-state index is 12.8. The summed E-state index contributed by atoms with van der Waals surface area (Å²) in [5, 5.41) is 2.63. The highest BCUT2D eigenvalue weighted by atomic mass is 32.2. The number of anilines is 1.